The van der Waals surface area contributed by atoms with Crippen molar-refractivity contribution in [1.29, 1.82) is 0 Å². The highest BCUT2D eigenvalue weighted by atomic mass is 35.5. The van der Waals surface area contributed by atoms with Crippen molar-refractivity contribution in [3.63, 3.8) is 0 Å². The van der Waals surface area contributed by atoms with Gasteiger partial charge in [-0.15, -0.1) is 0 Å². The lowest BCUT2D eigenvalue weighted by molar-refractivity contribution is -0.126. The van der Waals surface area contributed by atoms with E-state index < -0.39 is 5.41 Å². The minimum Gasteiger partial charge on any atom is -0.394 e. The highest BCUT2D eigenvalue weighted by Gasteiger charge is 2.31. The molecule has 0 aliphatic heterocycles. The molecule has 122 valence electrons. The maximum absolute atomic E-state index is 12.7. The molecule has 0 spiro atoms. The van der Waals surface area contributed by atoms with Gasteiger partial charge >= 0.3 is 0 Å². The van der Waals surface area contributed by atoms with Crippen LogP contribution in [0.4, 0.5) is 0 Å². The van der Waals surface area contributed by atoms with Crippen molar-refractivity contribution >= 4 is 17.5 Å². The fourth-order valence-electron chi connectivity index (χ4n) is 2.42. The SMILES string of the molecule is CC(C)(C(=O)N[C@@H](CO)Cc1ccccc1)c1ccc(Cl)cc1. The highest BCUT2D eigenvalue weighted by Crippen LogP contribution is 2.25. The minimum absolute atomic E-state index is 0.0999. The Balaban J connectivity index is 2.07. The number of aliphatic hydroxyl groups is 1. The van der Waals surface area contributed by atoms with E-state index in [1.165, 1.54) is 0 Å². The quantitative estimate of drug-likeness (QED) is 0.853. The molecule has 0 aliphatic rings. The maximum atomic E-state index is 12.7. The van der Waals surface area contributed by atoms with Crippen LogP contribution >= 0.6 is 11.6 Å². The van der Waals surface area contributed by atoms with Gasteiger partial charge in [0.2, 0.25) is 5.91 Å². The number of nitrogens with one attached hydrogen (secondary N) is 1. The number of aliphatic hydroxyl groups excluding tert-OH is 1. The molecule has 0 fully saturated rings. The summed E-state index contributed by atoms with van der Waals surface area (Å²) in [5.74, 6) is -0.116. The molecule has 0 saturated carbocycles. The smallest absolute Gasteiger partial charge is 0.230 e. The van der Waals surface area contributed by atoms with Crippen LogP contribution < -0.4 is 5.32 Å². The Hall–Kier alpha value is -1.84. The molecule has 1 amide bonds. The molecule has 0 saturated heterocycles. The minimum atomic E-state index is -0.700. The van der Waals surface area contributed by atoms with E-state index in [9.17, 15) is 9.90 Å². The number of carbonyl (C=O) groups excluding carboxylic acids is 1. The number of halogens is 1. The number of benzene rings is 2. The normalized spacial score (nSPS) is 12.7. The second-order valence-electron chi connectivity index (χ2n) is 6.17. The van der Waals surface area contributed by atoms with Crippen molar-refractivity contribution in [3.05, 3.63) is 70.7 Å². The molecule has 1 atom stereocenters. The average Bonchev–Trinajstić information content (AvgIpc) is 2.55. The Morgan fingerprint density at radius 3 is 2.30 bits per heavy atom. The summed E-state index contributed by atoms with van der Waals surface area (Å²) >= 11 is 5.90. The topological polar surface area (TPSA) is 49.3 Å². The summed E-state index contributed by atoms with van der Waals surface area (Å²) in [5.41, 5.74) is 1.27. The molecule has 23 heavy (non-hydrogen) atoms. The lowest BCUT2D eigenvalue weighted by Gasteiger charge is -2.27. The summed E-state index contributed by atoms with van der Waals surface area (Å²) in [7, 11) is 0. The molecule has 0 aliphatic carbocycles. The van der Waals surface area contributed by atoms with Crippen LogP contribution in [0, 0.1) is 0 Å². The summed E-state index contributed by atoms with van der Waals surface area (Å²) in [5, 5.41) is 13.2. The number of carbonyl (C=O) groups is 1. The molecule has 0 bridgehead atoms. The fourth-order valence-corrected chi connectivity index (χ4v) is 2.55. The predicted molar refractivity (Wildman–Crippen MR) is 93.6 cm³/mol. The van der Waals surface area contributed by atoms with E-state index in [-0.39, 0.29) is 18.6 Å². The molecule has 2 aromatic carbocycles. The summed E-state index contributed by atoms with van der Waals surface area (Å²) in [6.45, 7) is 3.63. The lowest BCUT2D eigenvalue weighted by atomic mass is 9.83. The van der Waals surface area contributed by atoms with Crippen molar-refractivity contribution in [3.8, 4) is 0 Å². The first-order chi connectivity index (χ1) is 10.9. The van der Waals surface area contributed by atoms with Gasteiger partial charge in [0.25, 0.3) is 0 Å². The van der Waals surface area contributed by atoms with Crippen molar-refractivity contribution in [2.75, 3.05) is 6.61 Å². The van der Waals surface area contributed by atoms with Gasteiger partial charge in [-0.3, -0.25) is 4.79 Å². The van der Waals surface area contributed by atoms with Crippen LogP contribution in [0.15, 0.2) is 54.6 Å². The van der Waals surface area contributed by atoms with E-state index in [2.05, 4.69) is 5.32 Å². The van der Waals surface area contributed by atoms with Gasteiger partial charge in [0.15, 0.2) is 0 Å². The summed E-state index contributed by atoms with van der Waals surface area (Å²) in [6.07, 6.45) is 0.597. The zero-order valence-corrected chi connectivity index (χ0v) is 14.2. The van der Waals surface area contributed by atoms with Crippen LogP contribution in [0.1, 0.15) is 25.0 Å². The molecular formula is C19H22ClNO2. The predicted octanol–water partition coefficient (Wildman–Crippen LogP) is 3.34. The standard InChI is InChI=1S/C19H22ClNO2/c1-19(2,15-8-10-16(20)11-9-15)18(23)21-17(13-22)12-14-6-4-3-5-7-14/h3-11,17,22H,12-13H2,1-2H3,(H,21,23)/t17-/m1/s1. The first-order valence-corrected chi connectivity index (χ1v) is 8.03. The highest BCUT2D eigenvalue weighted by molar-refractivity contribution is 6.30. The third kappa shape index (κ3) is 4.57. The average molecular weight is 332 g/mol. The van der Waals surface area contributed by atoms with Gasteiger partial charge in [-0.25, -0.2) is 0 Å². The molecule has 2 rings (SSSR count). The van der Waals surface area contributed by atoms with E-state index >= 15 is 0 Å². The third-order valence-corrected chi connectivity index (χ3v) is 4.27. The molecule has 2 N–H and O–H groups in total. The second kappa shape index (κ2) is 7.62. The van der Waals surface area contributed by atoms with Crippen molar-refractivity contribution in [2.45, 2.75) is 31.7 Å². The fraction of sp³-hybridized carbons (Fsp3) is 0.316. The van der Waals surface area contributed by atoms with Crippen LogP contribution in [-0.2, 0) is 16.6 Å². The summed E-state index contributed by atoms with van der Waals surface area (Å²) < 4.78 is 0. The van der Waals surface area contributed by atoms with Gasteiger partial charge in [0, 0.05) is 5.02 Å². The zero-order chi connectivity index (χ0) is 16.9. The van der Waals surface area contributed by atoms with Crippen LogP contribution in [0.2, 0.25) is 5.02 Å². The van der Waals surface area contributed by atoms with Gasteiger partial charge in [0.1, 0.15) is 0 Å². The van der Waals surface area contributed by atoms with Crippen LogP contribution in [0.3, 0.4) is 0 Å². The molecule has 0 radical (unpaired) electrons. The number of rotatable bonds is 6. The Morgan fingerprint density at radius 2 is 1.74 bits per heavy atom. The number of amides is 1. The zero-order valence-electron chi connectivity index (χ0n) is 13.4. The van der Waals surface area contributed by atoms with E-state index in [4.69, 9.17) is 11.6 Å². The molecule has 0 heterocycles. The lowest BCUT2D eigenvalue weighted by Crippen LogP contribution is -2.47. The molecule has 4 heteroatoms. The Morgan fingerprint density at radius 1 is 1.13 bits per heavy atom. The largest absolute Gasteiger partial charge is 0.394 e. The number of hydrogen-bond donors (Lipinski definition) is 2. The van der Waals surface area contributed by atoms with Crippen molar-refractivity contribution < 1.29 is 9.90 Å². The Bertz CT molecular complexity index is 638. The van der Waals surface area contributed by atoms with E-state index in [0.29, 0.717) is 11.4 Å². The summed E-state index contributed by atoms with van der Waals surface area (Å²) in [6, 6.07) is 16.8. The molecule has 3 nitrogen and oxygen atoms in total. The molecular weight excluding hydrogens is 310 g/mol. The van der Waals surface area contributed by atoms with Crippen molar-refractivity contribution in [2.24, 2.45) is 0 Å². The first kappa shape index (κ1) is 17.5. The summed E-state index contributed by atoms with van der Waals surface area (Å²) in [4.78, 5) is 12.7. The van der Waals surface area contributed by atoms with Gasteiger partial charge < -0.3 is 10.4 Å². The maximum Gasteiger partial charge on any atom is 0.230 e. The molecule has 2 aromatic rings. The van der Waals surface area contributed by atoms with Gasteiger partial charge in [-0.05, 0) is 43.5 Å². The Kier molecular flexibility index (Phi) is 5.80. The first-order valence-electron chi connectivity index (χ1n) is 7.65. The number of hydrogen-bond acceptors (Lipinski definition) is 2. The van der Waals surface area contributed by atoms with Gasteiger partial charge in [-0.2, -0.15) is 0 Å². The van der Waals surface area contributed by atoms with Gasteiger partial charge in [-0.1, -0.05) is 54.1 Å². The monoisotopic (exact) mass is 331 g/mol. The van der Waals surface area contributed by atoms with Gasteiger partial charge in [0.05, 0.1) is 18.1 Å². The van der Waals surface area contributed by atoms with E-state index in [1.54, 1.807) is 12.1 Å². The van der Waals surface area contributed by atoms with Crippen molar-refractivity contribution in [1.82, 2.24) is 5.32 Å². The third-order valence-electron chi connectivity index (χ3n) is 4.01. The Labute approximate surface area is 142 Å². The molecule has 0 aromatic heterocycles. The van der Waals surface area contributed by atoms with Crippen LogP contribution in [0.5, 0.6) is 0 Å². The second-order valence-corrected chi connectivity index (χ2v) is 6.61. The van der Waals surface area contributed by atoms with Crippen LogP contribution in [-0.4, -0.2) is 23.7 Å². The molecule has 0 unspecified atom stereocenters. The van der Waals surface area contributed by atoms with E-state index in [0.717, 1.165) is 11.1 Å². The van der Waals surface area contributed by atoms with E-state index in [1.807, 2.05) is 56.3 Å². The van der Waals surface area contributed by atoms with Crippen LogP contribution in [0.25, 0.3) is 0 Å².